The number of hydrogen-bond acceptors (Lipinski definition) is 3. The molecule has 1 aliphatic heterocycles. The second-order valence-corrected chi connectivity index (χ2v) is 5.51. The molecular weight excluding hydrogens is 214 g/mol. The van der Waals surface area contributed by atoms with Gasteiger partial charge in [0.2, 0.25) is 0 Å². The van der Waals surface area contributed by atoms with E-state index in [-0.39, 0.29) is 0 Å². The molecule has 0 spiro atoms. The summed E-state index contributed by atoms with van der Waals surface area (Å²) in [6.45, 7) is 6.31. The monoisotopic (exact) mass is 243 g/mol. The number of nitrogens with one attached hydrogen (secondary N) is 1. The highest BCUT2D eigenvalue weighted by atomic mass is 16.5. The minimum atomic E-state index is -0.615. The van der Waals surface area contributed by atoms with E-state index in [0.29, 0.717) is 25.8 Å². The molecule has 1 aliphatic rings. The van der Waals surface area contributed by atoms with E-state index in [1.165, 1.54) is 38.5 Å². The molecule has 3 heteroatoms. The van der Waals surface area contributed by atoms with Crippen molar-refractivity contribution in [2.24, 2.45) is 0 Å². The summed E-state index contributed by atoms with van der Waals surface area (Å²) in [6.07, 6.45) is 8.64. The smallest absolute Gasteiger partial charge is 0.102 e. The third kappa shape index (κ3) is 6.39. The summed E-state index contributed by atoms with van der Waals surface area (Å²) >= 11 is 0. The molecule has 1 saturated heterocycles. The maximum Gasteiger partial charge on any atom is 0.102 e. The number of rotatable bonds is 9. The summed E-state index contributed by atoms with van der Waals surface area (Å²) in [5.41, 5.74) is -0.615. The van der Waals surface area contributed by atoms with Gasteiger partial charge in [0.25, 0.3) is 0 Å². The van der Waals surface area contributed by atoms with E-state index >= 15 is 0 Å². The fourth-order valence-corrected chi connectivity index (χ4v) is 2.26. The average Bonchev–Trinajstić information content (AvgIpc) is 2.74. The summed E-state index contributed by atoms with van der Waals surface area (Å²) in [4.78, 5) is 0. The Labute approximate surface area is 106 Å². The molecule has 1 rings (SSSR count). The van der Waals surface area contributed by atoms with Crippen molar-refractivity contribution >= 4 is 0 Å². The maximum absolute atomic E-state index is 10.1. The van der Waals surface area contributed by atoms with E-state index in [2.05, 4.69) is 19.2 Å². The van der Waals surface area contributed by atoms with Gasteiger partial charge in [-0.2, -0.15) is 0 Å². The highest BCUT2D eigenvalue weighted by Crippen LogP contribution is 2.17. The highest BCUT2D eigenvalue weighted by Gasteiger charge is 2.31. The maximum atomic E-state index is 10.1. The van der Waals surface area contributed by atoms with Gasteiger partial charge in [-0.25, -0.2) is 0 Å². The van der Waals surface area contributed by atoms with Crippen LogP contribution in [0.3, 0.4) is 0 Å². The highest BCUT2D eigenvalue weighted by molar-refractivity contribution is 4.85. The predicted octanol–water partition coefficient (Wildman–Crippen LogP) is 2.48. The summed E-state index contributed by atoms with van der Waals surface area (Å²) in [6, 6.07) is 0.501. The van der Waals surface area contributed by atoms with Gasteiger partial charge in [0.05, 0.1) is 6.61 Å². The lowest BCUT2D eigenvalue weighted by Crippen LogP contribution is -2.44. The van der Waals surface area contributed by atoms with Crippen molar-refractivity contribution in [2.75, 3.05) is 19.8 Å². The number of hydrogen-bond donors (Lipinski definition) is 2. The molecule has 0 amide bonds. The Bertz CT molecular complexity index is 191. The SMILES string of the molecule is CCCCCCCC(C)NCC1(O)CCOC1. The average molecular weight is 243 g/mol. The van der Waals surface area contributed by atoms with Crippen LogP contribution in [0.2, 0.25) is 0 Å². The second kappa shape index (κ2) is 8.06. The van der Waals surface area contributed by atoms with Gasteiger partial charge in [0.1, 0.15) is 5.60 Å². The first kappa shape index (κ1) is 14.9. The van der Waals surface area contributed by atoms with Crippen LogP contribution in [0.25, 0.3) is 0 Å². The standard InChI is InChI=1S/C14H29NO2/c1-3-4-5-6-7-8-13(2)15-11-14(16)9-10-17-12-14/h13,15-16H,3-12H2,1-2H3. The first-order valence-electron chi connectivity index (χ1n) is 7.20. The summed E-state index contributed by atoms with van der Waals surface area (Å²) < 4.78 is 5.23. The Morgan fingerprint density at radius 2 is 2.06 bits per heavy atom. The molecule has 0 radical (unpaired) electrons. The number of ether oxygens (including phenoxy) is 1. The Balaban J connectivity index is 1.99. The molecule has 3 nitrogen and oxygen atoms in total. The number of aliphatic hydroxyl groups is 1. The van der Waals surface area contributed by atoms with Crippen molar-refractivity contribution in [3.8, 4) is 0 Å². The molecule has 0 saturated carbocycles. The normalized spacial score (nSPS) is 26.3. The van der Waals surface area contributed by atoms with Gasteiger partial charge >= 0.3 is 0 Å². The predicted molar refractivity (Wildman–Crippen MR) is 71.2 cm³/mol. The second-order valence-electron chi connectivity index (χ2n) is 5.51. The minimum absolute atomic E-state index is 0.489. The van der Waals surface area contributed by atoms with Crippen molar-refractivity contribution in [3.63, 3.8) is 0 Å². The minimum Gasteiger partial charge on any atom is -0.386 e. The van der Waals surface area contributed by atoms with Crippen LogP contribution in [-0.4, -0.2) is 36.5 Å². The van der Waals surface area contributed by atoms with E-state index in [4.69, 9.17) is 4.74 Å². The first-order chi connectivity index (χ1) is 8.16. The van der Waals surface area contributed by atoms with Crippen LogP contribution in [0.4, 0.5) is 0 Å². The van der Waals surface area contributed by atoms with Crippen LogP contribution >= 0.6 is 0 Å². The molecule has 0 aromatic rings. The molecule has 0 aromatic heterocycles. The molecule has 0 aromatic carbocycles. The fourth-order valence-electron chi connectivity index (χ4n) is 2.26. The van der Waals surface area contributed by atoms with Crippen molar-refractivity contribution < 1.29 is 9.84 Å². The molecule has 102 valence electrons. The van der Waals surface area contributed by atoms with Gasteiger partial charge in [-0.05, 0) is 13.3 Å². The molecule has 1 fully saturated rings. The molecule has 2 atom stereocenters. The van der Waals surface area contributed by atoms with Crippen LogP contribution in [0, 0.1) is 0 Å². The number of unbranched alkanes of at least 4 members (excludes halogenated alkanes) is 4. The largest absolute Gasteiger partial charge is 0.386 e. The zero-order valence-corrected chi connectivity index (χ0v) is 11.5. The molecule has 2 unspecified atom stereocenters. The summed E-state index contributed by atoms with van der Waals surface area (Å²) in [5, 5.41) is 13.5. The van der Waals surface area contributed by atoms with Crippen LogP contribution < -0.4 is 5.32 Å². The Hall–Kier alpha value is -0.120. The van der Waals surface area contributed by atoms with E-state index in [9.17, 15) is 5.11 Å². The Kier molecular flexibility index (Phi) is 7.09. The lowest BCUT2D eigenvalue weighted by Gasteiger charge is -2.23. The van der Waals surface area contributed by atoms with Gasteiger partial charge in [-0.15, -0.1) is 0 Å². The zero-order valence-electron chi connectivity index (χ0n) is 11.5. The lowest BCUT2D eigenvalue weighted by atomic mass is 10.0. The quantitative estimate of drug-likeness (QED) is 0.611. The van der Waals surface area contributed by atoms with Crippen LogP contribution in [0.15, 0.2) is 0 Å². The van der Waals surface area contributed by atoms with E-state index < -0.39 is 5.60 Å². The summed E-state index contributed by atoms with van der Waals surface area (Å²) in [7, 11) is 0. The topological polar surface area (TPSA) is 41.5 Å². The fraction of sp³-hybridized carbons (Fsp3) is 1.00. The van der Waals surface area contributed by atoms with E-state index in [1.54, 1.807) is 0 Å². The third-order valence-electron chi connectivity index (χ3n) is 3.60. The molecule has 0 aliphatic carbocycles. The first-order valence-corrected chi connectivity index (χ1v) is 7.20. The van der Waals surface area contributed by atoms with Crippen molar-refractivity contribution in [1.29, 1.82) is 0 Å². The van der Waals surface area contributed by atoms with Crippen molar-refractivity contribution in [3.05, 3.63) is 0 Å². The zero-order chi connectivity index (χ0) is 12.6. The van der Waals surface area contributed by atoms with Crippen LogP contribution in [0.1, 0.15) is 58.8 Å². The van der Waals surface area contributed by atoms with Gasteiger partial charge < -0.3 is 15.2 Å². The third-order valence-corrected chi connectivity index (χ3v) is 3.60. The van der Waals surface area contributed by atoms with Crippen LogP contribution in [0.5, 0.6) is 0 Å². The van der Waals surface area contributed by atoms with E-state index in [1.807, 2.05) is 0 Å². The molecule has 0 bridgehead atoms. The molecule has 1 heterocycles. The van der Waals surface area contributed by atoms with Gasteiger partial charge in [0.15, 0.2) is 0 Å². The van der Waals surface area contributed by atoms with Crippen molar-refractivity contribution in [2.45, 2.75) is 70.4 Å². The summed E-state index contributed by atoms with van der Waals surface area (Å²) in [5.74, 6) is 0. The molecule has 2 N–H and O–H groups in total. The van der Waals surface area contributed by atoms with E-state index in [0.717, 1.165) is 6.42 Å². The Morgan fingerprint density at radius 1 is 1.29 bits per heavy atom. The van der Waals surface area contributed by atoms with Gasteiger partial charge in [-0.3, -0.25) is 0 Å². The van der Waals surface area contributed by atoms with Crippen LogP contribution in [-0.2, 0) is 4.74 Å². The molecule has 17 heavy (non-hydrogen) atoms. The lowest BCUT2D eigenvalue weighted by molar-refractivity contribution is 0.0250. The van der Waals surface area contributed by atoms with Gasteiger partial charge in [0, 0.05) is 25.6 Å². The Morgan fingerprint density at radius 3 is 2.71 bits per heavy atom. The van der Waals surface area contributed by atoms with Crippen molar-refractivity contribution in [1.82, 2.24) is 5.32 Å². The van der Waals surface area contributed by atoms with Gasteiger partial charge in [-0.1, -0.05) is 39.0 Å². The molecular formula is C14H29NO2.